The molecule has 0 saturated carbocycles. The highest BCUT2D eigenvalue weighted by Crippen LogP contribution is 2.29. The highest BCUT2D eigenvalue weighted by Gasteiger charge is 2.47. The summed E-state index contributed by atoms with van der Waals surface area (Å²) in [4.78, 5) is 115. The van der Waals surface area contributed by atoms with Gasteiger partial charge in [-0.25, -0.2) is 0 Å². The molecule has 1 aromatic carbocycles. The van der Waals surface area contributed by atoms with E-state index in [1.807, 2.05) is 33.8 Å². The van der Waals surface area contributed by atoms with Gasteiger partial charge < -0.3 is 41.3 Å². The van der Waals surface area contributed by atoms with Crippen LogP contribution < -0.4 is 26.6 Å². The number of nitrogens with one attached hydrogen (secondary N) is 5. The number of fused-ring (bicyclic) bond motifs is 3. The minimum absolute atomic E-state index is 0.0913. The fourth-order valence-corrected chi connectivity index (χ4v) is 8.15. The molecule has 0 spiro atoms. The predicted molar refractivity (Wildman–Crippen MR) is 205 cm³/mol. The van der Waals surface area contributed by atoms with E-state index >= 15 is 0 Å². The molecule has 306 valence electrons. The van der Waals surface area contributed by atoms with Crippen molar-refractivity contribution in [3.05, 3.63) is 35.9 Å². The summed E-state index contributed by atoms with van der Waals surface area (Å²) in [7, 11) is 0. The molecule has 16 heteroatoms. The Morgan fingerprint density at radius 3 is 1.68 bits per heavy atom. The summed E-state index contributed by atoms with van der Waals surface area (Å²) >= 11 is 0. The minimum Gasteiger partial charge on any atom is -0.346 e. The summed E-state index contributed by atoms with van der Waals surface area (Å²) in [6.45, 7) is 7.40. The van der Waals surface area contributed by atoms with Crippen molar-refractivity contribution in [2.75, 3.05) is 32.7 Å². The maximum absolute atomic E-state index is 14.3. The molecule has 4 aliphatic rings. The van der Waals surface area contributed by atoms with Gasteiger partial charge in [-0.05, 0) is 55.9 Å². The van der Waals surface area contributed by atoms with Crippen LogP contribution in [0.3, 0.4) is 0 Å². The first kappa shape index (κ1) is 42.1. The number of benzene rings is 1. The maximum Gasteiger partial charge on any atom is 0.246 e. The van der Waals surface area contributed by atoms with Crippen LogP contribution in [-0.2, 0) is 44.8 Å². The van der Waals surface area contributed by atoms with Crippen molar-refractivity contribution in [2.45, 2.75) is 122 Å². The molecule has 8 atom stereocenters. The molecule has 5 N–H and O–H groups in total. The van der Waals surface area contributed by atoms with Crippen molar-refractivity contribution in [3.8, 4) is 0 Å². The normalized spacial score (nSPS) is 28.9. The molecule has 8 amide bonds. The topological polar surface area (TPSA) is 206 Å². The van der Waals surface area contributed by atoms with E-state index in [2.05, 4.69) is 26.6 Å². The molecule has 16 nitrogen and oxygen atoms in total. The molecule has 0 aliphatic carbocycles. The summed E-state index contributed by atoms with van der Waals surface area (Å²) in [6, 6.07) is 3.41. The SMILES string of the molecule is CCC(C)[C@@H]1NC(=O)CNC(=O)CNC(=O)[C@H](Cc2ccccc2)NC(=O)[C@H]([C@@H](C)CC)NC(=O)[C@@H]2CCCN2C(=O)[C@@H]2CCCN2C(=O)[C@@H]2CCCN2C1=O. The first-order valence-corrected chi connectivity index (χ1v) is 20.2. The molecule has 0 aromatic heterocycles. The van der Waals surface area contributed by atoms with Crippen LogP contribution in [0, 0.1) is 11.8 Å². The zero-order valence-electron chi connectivity index (χ0n) is 33.0. The number of amides is 8. The molecular formula is C40H58N8O8. The first-order valence-electron chi connectivity index (χ1n) is 20.2. The second-order valence-electron chi connectivity index (χ2n) is 15.6. The second kappa shape index (κ2) is 19.2. The monoisotopic (exact) mass is 778 g/mol. The van der Waals surface area contributed by atoms with Crippen LogP contribution in [0.1, 0.15) is 84.6 Å². The third-order valence-electron chi connectivity index (χ3n) is 11.9. The number of hydrogen-bond acceptors (Lipinski definition) is 8. The van der Waals surface area contributed by atoms with Crippen LogP contribution in [0.25, 0.3) is 0 Å². The number of hydrogen-bond donors (Lipinski definition) is 5. The lowest BCUT2D eigenvalue weighted by Crippen LogP contribution is -2.60. The number of carbonyl (C=O) groups excluding carboxylic acids is 8. The van der Waals surface area contributed by atoms with Crippen LogP contribution in [0.5, 0.6) is 0 Å². The average molecular weight is 779 g/mol. The van der Waals surface area contributed by atoms with Gasteiger partial charge in [0.15, 0.2) is 0 Å². The van der Waals surface area contributed by atoms with Gasteiger partial charge in [0.05, 0.1) is 13.1 Å². The van der Waals surface area contributed by atoms with Crippen molar-refractivity contribution < 1.29 is 38.4 Å². The van der Waals surface area contributed by atoms with E-state index in [4.69, 9.17) is 0 Å². The highest BCUT2D eigenvalue weighted by atomic mass is 16.2. The molecular weight excluding hydrogens is 720 g/mol. The van der Waals surface area contributed by atoms with Gasteiger partial charge >= 0.3 is 0 Å². The largest absolute Gasteiger partial charge is 0.346 e. The minimum atomic E-state index is -1.12. The lowest BCUT2D eigenvalue weighted by molar-refractivity contribution is -0.151. The third kappa shape index (κ3) is 9.85. The van der Waals surface area contributed by atoms with Gasteiger partial charge in [-0.3, -0.25) is 38.4 Å². The predicted octanol–water partition coefficient (Wildman–Crippen LogP) is -0.00530. The average Bonchev–Trinajstić information content (AvgIpc) is 4.00. The fraction of sp³-hybridized carbons (Fsp3) is 0.650. The Bertz CT molecular complexity index is 1640. The number of carbonyl (C=O) groups is 8. The molecule has 0 bridgehead atoms. The summed E-state index contributed by atoms with van der Waals surface area (Å²) in [5.74, 6) is -4.72. The Labute approximate surface area is 328 Å². The number of rotatable bonds is 6. The van der Waals surface area contributed by atoms with Crippen LogP contribution in [0.2, 0.25) is 0 Å². The van der Waals surface area contributed by atoms with Crippen molar-refractivity contribution in [3.63, 3.8) is 0 Å². The van der Waals surface area contributed by atoms with E-state index < -0.39 is 84.8 Å². The maximum atomic E-state index is 14.3. The van der Waals surface area contributed by atoms with Crippen molar-refractivity contribution in [2.24, 2.45) is 11.8 Å². The summed E-state index contributed by atoms with van der Waals surface area (Å²) < 4.78 is 0. The second-order valence-corrected chi connectivity index (χ2v) is 15.6. The quantitative estimate of drug-likeness (QED) is 0.265. The Hall–Kier alpha value is -5.02. The van der Waals surface area contributed by atoms with Gasteiger partial charge in [-0.15, -0.1) is 0 Å². The van der Waals surface area contributed by atoms with Crippen LogP contribution in [-0.4, -0.2) is 131 Å². The van der Waals surface area contributed by atoms with Crippen LogP contribution in [0.15, 0.2) is 30.3 Å². The van der Waals surface area contributed by atoms with Gasteiger partial charge in [-0.2, -0.15) is 0 Å². The van der Waals surface area contributed by atoms with E-state index in [0.717, 1.165) is 5.56 Å². The molecule has 4 aliphatic heterocycles. The molecule has 5 rings (SSSR count). The molecule has 0 radical (unpaired) electrons. The smallest absolute Gasteiger partial charge is 0.246 e. The molecule has 4 fully saturated rings. The van der Waals surface area contributed by atoms with E-state index in [-0.39, 0.29) is 30.1 Å². The lowest BCUT2D eigenvalue weighted by atomic mass is 9.96. The Balaban J connectivity index is 1.45. The molecule has 1 aromatic rings. The Morgan fingerprint density at radius 1 is 0.571 bits per heavy atom. The van der Waals surface area contributed by atoms with Crippen molar-refractivity contribution in [1.82, 2.24) is 41.3 Å². The fourth-order valence-electron chi connectivity index (χ4n) is 8.15. The lowest BCUT2D eigenvalue weighted by Gasteiger charge is -2.36. The van der Waals surface area contributed by atoms with Gasteiger partial charge in [0.25, 0.3) is 0 Å². The third-order valence-corrected chi connectivity index (χ3v) is 11.9. The van der Waals surface area contributed by atoms with E-state index in [1.165, 1.54) is 9.80 Å². The summed E-state index contributed by atoms with van der Waals surface area (Å²) in [6.07, 6.45) is 4.07. The molecule has 1 unspecified atom stereocenters. The van der Waals surface area contributed by atoms with Crippen molar-refractivity contribution in [1.29, 1.82) is 0 Å². The highest BCUT2D eigenvalue weighted by molar-refractivity contribution is 5.98. The standard InChI is InChI=1S/C40H58N8O8/c1-5-24(3)33-37(53)43-27(21-26-13-8-7-9-14-26)35(51)42-22-31(49)41-23-32(50)44-34(25(4)6-2)40(56)48-20-12-17-30(48)39(55)47-19-11-16-29(47)38(54)46-18-10-15-28(46)36(52)45-33/h7-9,13-14,24-25,27-30,33-34H,5-6,10-12,15-23H2,1-4H3,(H,41,49)(H,42,51)(H,43,53)(H,44,50)(H,45,52)/t24-,25?,27-,28-,29-,30-,33-,34-/m0/s1. The Morgan fingerprint density at radius 2 is 1.09 bits per heavy atom. The molecule has 4 heterocycles. The molecule has 4 saturated heterocycles. The van der Waals surface area contributed by atoms with E-state index in [1.54, 1.807) is 29.2 Å². The van der Waals surface area contributed by atoms with Gasteiger partial charge in [-0.1, -0.05) is 70.9 Å². The van der Waals surface area contributed by atoms with Crippen LogP contribution in [0.4, 0.5) is 0 Å². The number of nitrogens with zero attached hydrogens (tertiary/aromatic N) is 3. The summed E-state index contributed by atoms with van der Waals surface area (Å²) in [5, 5.41) is 13.5. The van der Waals surface area contributed by atoms with Crippen LogP contribution >= 0.6 is 0 Å². The van der Waals surface area contributed by atoms with Gasteiger partial charge in [0.2, 0.25) is 47.3 Å². The van der Waals surface area contributed by atoms with E-state index in [0.29, 0.717) is 71.0 Å². The zero-order chi connectivity index (χ0) is 40.5. The van der Waals surface area contributed by atoms with E-state index in [9.17, 15) is 38.4 Å². The summed E-state index contributed by atoms with van der Waals surface area (Å²) in [5.41, 5.74) is 0.747. The Kier molecular flexibility index (Phi) is 14.5. The zero-order valence-corrected chi connectivity index (χ0v) is 33.0. The van der Waals surface area contributed by atoms with Gasteiger partial charge in [0.1, 0.15) is 36.3 Å². The first-order chi connectivity index (χ1) is 26.8. The molecule has 56 heavy (non-hydrogen) atoms. The van der Waals surface area contributed by atoms with Gasteiger partial charge in [0, 0.05) is 26.1 Å². The van der Waals surface area contributed by atoms with Crippen molar-refractivity contribution >= 4 is 47.3 Å².